The van der Waals surface area contributed by atoms with Crippen molar-refractivity contribution in [2.75, 3.05) is 37.7 Å². The highest BCUT2D eigenvalue weighted by molar-refractivity contribution is 8.14. The van der Waals surface area contributed by atoms with E-state index >= 15 is 0 Å². The third-order valence-corrected chi connectivity index (χ3v) is 4.83. The van der Waals surface area contributed by atoms with Gasteiger partial charge < -0.3 is 10.6 Å². The van der Waals surface area contributed by atoms with Crippen molar-refractivity contribution in [3.05, 3.63) is 0 Å². The van der Waals surface area contributed by atoms with Gasteiger partial charge in [0.2, 0.25) is 0 Å². The van der Waals surface area contributed by atoms with Gasteiger partial charge in [-0.3, -0.25) is 9.98 Å². The Balaban J connectivity index is 1.46. The first-order valence-electron chi connectivity index (χ1n) is 6.77. The van der Waals surface area contributed by atoms with Crippen LogP contribution >= 0.6 is 23.5 Å². The standard InChI is InChI=1S/C12H22N4S2/c1(9-17-11-13-5-3-6-14-11)2-10-18-12-15-7-4-8-16-12/h1-10H2,(H,13,14)(H,15,16). The summed E-state index contributed by atoms with van der Waals surface area (Å²) in [5.74, 6) is 2.35. The number of hydrogen-bond donors (Lipinski definition) is 2. The molecule has 102 valence electrons. The number of hydrogen-bond acceptors (Lipinski definition) is 6. The van der Waals surface area contributed by atoms with Crippen molar-refractivity contribution in [2.24, 2.45) is 9.98 Å². The van der Waals surface area contributed by atoms with Gasteiger partial charge in [0, 0.05) is 37.7 Å². The van der Waals surface area contributed by atoms with Crippen LogP contribution in [0, 0.1) is 0 Å². The lowest BCUT2D eigenvalue weighted by atomic mass is 10.4. The summed E-state index contributed by atoms with van der Waals surface area (Å²) in [4.78, 5) is 8.91. The second kappa shape index (κ2) is 8.69. The molecule has 0 spiro atoms. The van der Waals surface area contributed by atoms with Gasteiger partial charge in [0.15, 0.2) is 10.3 Å². The van der Waals surface area contributed by atoms with E-state index in [9.17, 15) is 0 Å². The average Bonchev–Trinajstić information content (AvgIpc) is 2.45. The van der Waals surface area contributed by atoms with Gasteiger partial charge in [-0.15, -0.1) is 0 Å². The first kappa shape index (κ1) is 14.1. The molecule has 2 aliphatic heterocycles. The second-order valence-electron chi connectivity index (χ2n) is 4.34. The van der Waals surface area contributed by atoms with Crippen LogP contribution in [-0.4, -0.2) is 48.0 Å². The molecular weight excluding hydrogens is 264 g/mol. The number of nitrogens with one attached hydrogen (secondary N) is 2. The van der Waals surface area contributed by atoms with Crippen molar-refractivity contribution in [2.45, 2.75) is 25.7 Å². The summed E-state index contributed by atoms with van der Waals surface area (Å²) in [5.41, 5.74) is 0. The van der Waals surface area contributed by atoms with E-state index in [1.807, 2.05) is 23.5 Å². The topological polar surface area (TPSA) is 48.8 Å². The lowest BCUT2D eigenvalue weighted by molar-refractivity contribution is 0.750. The third-order valence-electron chi connectivity index (χ3n) is 2.75. The van der Waals surface area contributed by atoms with Crippen LogP contribution in [0.4, 0.5) is 0 Å². The summed E-state index contributed by atoms with van der Waals surface area (Å²) in [6, 6.07) is 0. The smallest absolute Gasteiger partial charge is 0.156 e. The van der Waals surface area contributed by atoms with Crippen molar-refractivity contribution in [3.8, 4) is 0 Å². The van der Waals surface area contributed by atoms with Gasteiger partial charge >= 0.3 is 0 Å². The molecule has 2 aliphatic rings. The molecule has 4 nitrogen and oxygen atoms in total. The molecule has 2 N–H and O–H groups in total. The lowest BCUT2D eigenvalue weighted by Crippen LogP contribution is -2.27. The number of thioether (sulfide) groups is 2. The molecule has 2 heterocycles. The predicted octanol–water partition coefficient (Wildman–Crippen LogP) is 1.93. The highest BCUT2D eigenvalue weighted by atomic mass is 32.2. The van der Waals surface area contributed by atoms with Gasteiger partial charge in [-0.2, -0.15) is 0 Å². The predicted molar refractivity (Wildman–Crippen MR) is 84.0 cm³/mol. The van der Waals surface area contributed by atoms with Crippen molar-refractivity contribution >= 4 is 33.9 Å². The van der Waals surface area contributed by atoms with E-state index < -0.39 is 0 Å². The molecule has 0 fully saturated rings. The number of unbranched alkanes of at least 4 members (excludes halogenated alkanes) is 1. The van der Waals surface area contributed by atoms with E-state index in [4.69, 9.17) is 0 Å². The first-order valence-corrected chi connectivity index (χ1v) is 8.74. The summed E-state index contributed by atoms with van der Waals surface area (Å²) < 4.78 is 0. The largest absolute Gasteiger partial charge is 0.365 e. The molecule has 0 aromatic carbocycles. The Kier molecular flexibility index (Phi) is 6.79. The van der Waals surface area contributed by atoms with Gasteiger partial charge in [0.1, 0.15) is 0 Å². The second-order valence-corrected chi connectivity index (χ2v) is 6.51. The molecule has 0 unspecified atom stereocenters. The molecular formula is C12H22N4S2. The maximum Gasteiger partial charge on any atom is 0.156 e. The molecule has 0 atom stereocenters. The van der Waals surface area contributed by atoms with Crippen LogP contribution in [0.15, 0.2) is 9.98 Å². The van der Waals surface area contributed by atoms with Crippen LogP contribution in [-0.2, 0) is 0 Å². The Labute approximate surface area is 118 Å². The maximum absolute atomic E-state index is 4.45. The summed E-state index contributed by atoms with van der Waals surface area (Å²) in [7, 11) is 0. The average molecular weight is 286 g/mol. The van der Waals surface area contributed by atoms with E-state index in [0.717, 1.165) is 36.5 Å². The molecule has 6 heteroatoms. The summed E-state index contributed by atoms with van der Waals surface area (Å²) >= 11 is 3.73. The summed E-state index contributed by atoms with van der Waals surface area (Å²) in [6.45, 7) is 4.17. The molecule has 0 aliphatic carbocycles. The number of nitrogens with zero attached hydrogens (tertiary/aromatic N) is 2. The summed E-state index contributed by atoms with van der Waals surface area (Å²) in [5, 5.41) is 8.97. The van der Waals surface area contributed by atoms with E-state index in [1.54, 1.807) is 0 Å². The van der Waals surface area contributed by atoms with Crippen LogP contribution in [0.5, 0.6) is 0 Å². The van der Waals surface area contributed by atoms with E-state index in [1.165, 1.54) is 37.2 Å². The molecule has 0 aromatic rings. The zero-order valence-electron chi connectivity index (χ0n) is 10.8. The van der Waals surface area contributed by atoms with Gasteiger partial charge in [0.05, 0.1) is 0 Å². The Bertz CT molecular complexity index is 274. The lowest BCUT2D eigenvalue weighted by Gasteiger charge is -2.14. The molecule has 0 radical (unpaired) electrons. The van der Waals surface area contributed by atoms with Gasteiger partial charge in [-0.1, -0.05) is 23.5 Å². The Hall–Kier alpha value is -0.360. The number of amidine groups is 2. The molecule has 0 saturated carbocycles. The maximum atomic E-state index is 4.45. The van der Waals surface area contributed by atoms with E-state index in [-0.39, 0.29) is 0 Å². The SMILES string of the molecule is C1CN=C(SCCCCSC2=NCCCN2)NC1. The third kappa shape index (κ3) is 5.52. The molecule has 2 rings (SSSR count). The Morgan fingerprint density at radius 3 is 1.72 bits per heavy atom. The van der Waals surface area contributed by atoms with Crippen LogP contribution in [0.3, 0.4) is 0 Å². The first-order chi connectivity index (χ1) is 8.95. The molecule has 18 heavy (non-hydrogen) atoms. The summed E-state index contributed by atoms with van der Waals surface area (Å²) in [6.07, 6.45) is 4.86. The van der Waals surface area contributed by atoms with Crippen molar-refractivity contribution in [1.82, 2.24) is 10.6 Å². The number of rotatable bonds is 5. The minimum absolute atomic E-state index is 0.997. The van der Waals surface area contributed by atoms with E-state index in [2.05, 4.69) is 20.6 Å². The molecule has 0 amide bonds. The highest BCUT2D eigenvalue weighted by Crippen LogP contribution is 2.12. The monoisotopic (exact) mass is 286 g/mol. The zero-order valence-corrected chi connectivity index (χ0v) is 12.4. The molecule has 0 bridgehead atoms. The fraction of sp³-hybridized carbons (Fsp3) is 0.833. The van der Waals surface area contributed by atoms with Gasteiger partial charge in [0.25, 0.3) is 0 Å². The highest BCUT2D eigenvalue weighted by Gasteiger charge is 2.05. The Morgan fingerprint density at radius 2 is 1.33 bits per heavy atom. The van der Waals surface area contributed by atoms with E-state index in [0.29, 0.717) is 0 Å². The van der Waals surface area contributed by atoms with Crippen molar-refractivity contribution < 1.29 is 0 Å². The van der Waals surface area contributed by atoms with Crippen LogP contribution in [0.25, 0.3) is 0 Å². The number of aliphatic imine (C=N–C) groups is 2. The van der Waals surface area contributed by atoms with Crippen LogP contribution < -0.4 is 10.6 Å². The zero-order chi connectivity index (χ0) is 12.5. The normalized spacial score (nSPS) is 19.6. The minimum Gasteiger partial charge on any atom is -0.365 e. The molecule has 0 saturated heterocycles. The van der Waals surface area contributed by atoms with Crippen LogP contribution in [0.2, 0.25) is 0 Å². The van der Waals surface area contributed by atoms with Crippen molar-refractivity contribution in [3.63, 3.8) is 0 Å². The Morgan fingerprint density at radius 1 is 0.833 bits per heavy atom. The minimum atomic E-state index is 0.997. The fourth-order valence-corrected chi connectivity index (χ4v) is 3.61. The molecule has 0 aromatic heterocycles. The van der Waals surface area contributed by atoms with Crippen molar-refractivity contribution in [1.29, 1.82) is 0 Å². The van der Waals surface area contributed by atoms with Gasteiger partial charge in [-0.25, -0.2) is 0 Å². The quantitative estimate of drug-likeness (QED) is 0.758. The van der Waals surface area contributed by atoms with Crippen LogP contribution in [0.1, 0.15) is 25.7 Å². The fourth-order valence-electron chi connectivity index (χ4n) is 1.76. The van der Waals surface area contributed by atoms with Gasteiger partial charge in [-0.05, 0) is 25.7 Å².